The number of carbonyl (C=O) groups is 1. The molecule has 0 bridgehead atoms. The SMILES string of the molecule is CC(=O)Nc1ccccc1CCN(C)C. The van der Waals surface area contributed by atoms with E-state index in [1.165, 1.54) is 12.5 Å². The van der Waals surface area contributed by atoms with Gasteiger partial charge in [0.2, 0.25) is 5.91 Å². The fourth-order valence-corrected chi connectivity index (χ4v) is 1.39. The van der Waals surface area contributed by atoms with E-state index in [9.17, 15) is 4.79 Å². The molecule has 1 aromatic carbocycles. The van der Waals surface area contributed by atoms with Crippen LogP contribution in [0.1, 0.15) is 12.5 Å². The highest BCUT2D eigenvalue weighted by molar-refractivity contribution is 5.89. The molecule has 0 aromatic heterocycles. The fraction of sp³-hybridized carbons (Fsp3) is 0.417. The van der Waals surface area contributed by atoms with E-state index in [-0.39, 0.29) is 5.91 Å². The lowest BCUT2D eigenvalue weighted by molar-refractivity contribution is -0.114. The van der Waals surface area contributed by atoms with Gasteiger partial charge < -0.3 is 10.2 Å². The summed E-state index contributed by atoms with van der Waals surface area (Å²) in [6.07, 6.45) is 0.948. The summed E-state index contributed by atoms with van der Waals surface area (Å²) >= 11 is 0. The molecule has 1 aromatic rings. The van der Waals surface area contributed by atoms with E-state index in [4.69, 9.17) is 0 Å². The Morgan fingerprint density at radius 1 is 1.33 bits per heavy atom. The molecule has 0 heterocycles. The zero-order valence-electron chi connectivity index (χ0n) is 9.58. The molecule has 15 heavy (non-hydrogen) atoms. The number of hydrogen-bond acceptors (Lipinski definition) is 2. The Morgan fingerprint density at radius 2 is 2.00 bits per heavy atom. The minimum Gasteiger partial charge on any atom is -0.326 e. The Hall–Kier alpha value is -1.35. The number of benzene rings is 1. The number of para-hydroxylation sites is 1. The molecule has 3 nitrogen and oxygen atoms in total. The van der Waals surface area contributed by atoms with E-state index in [0.29, 0.717) is 0 Å². The highest BCUT2D eigenvalue weighted by Crippen LogP contribution is 2.15. The number of hydrogen-bond donors (Lipinski definition) is 1. The van der Waals surface area contributed by atoms with Gasteiger partial charge in [0.25, 0.3) is 0 Å². The molecule has 0 unspecified atom stereocenters. The molecular formula is C12H18N2O. The largest absolute Gasteiger partial charge is 0.326 e. The van der Waals surface area contributed by atoms with Crippen molar-refractivity contribution >= 4 is 11.6 Å². The topological polar surface area (TPSA) is 32.3 Å². The van der Waals surface area contributed by atoms with Gasteiger partial charge in [-0.3, -0.25) is 4.79 Å². The number of rotatable bonds is 4. The van der Waals surface area contributed by atoms with Gasteiger partial charge in [0.1, 0.15) is 0 Å². The van der Waals surface area contributed by atoms with Gasteiger partial charge in [-0.2, -0.15) is 0 Å². The Labute approximate surface area is 91.1 Å². The molecule has 0 aliphatic rings. The maximum Gasteiger partial charge on any atom is 0.221 e. The molecule has 1 rings (SSSR count). The second kappa shape index (κ2) is 5.51. The Morgan fingerprint density at radius 3 is 2.60 bits per heavy atom. The Balaban J connectivity index is 2.72. The van der Waals surface area contributed by atoms with Crippen molar-refractivity contribution in [2.45, 2.75) is 13.3 Å². The summed E-state index contributed by atoms with van der Waals surface area (Å²) in [5, 5.41) is 2.84. The molecule has 0 saturated heterocycles. The molecule has 0 radical (unpaired) electrons. The monoisotopic (exact) mass is 206 g/mol. The van der Waals surface area contributed by atoms with Crippen LogP contribution in [-0.2, 0) is 11.2 Å². The second-order valence-corrected chi connectivity index (χ2v) is 3.89. The van der Waals surface area contributed by atoms with E-state index >= 15 is 0 Å². The van der Waals surface area contributed by atoms with Crippen LogP contribution >= 0.6 is 0 Å². The zero-order valence-corrected chi connectivity index (χ0v) is 9.58. The van der Waals surface area contributed by atoms with Crippen LogP contribution in [0, 0.1) is 0 Å². The average Bonchev–Trinajstić information content (AvgIpc) is 2.15. The van der Waals surface area contributed by atoms with Crippen LogP contribution in [0.15, 0.2) is 24.3 Å². The lowest BCUT2D eigenvalue weighted by Crippen LogP contribution is -2.16. The first-order valence-electron chi connectivity index (χ1n) is 5.10. The summed E-state index contributed by atoms with van der Waals surface area (Å²) in [7, 11) is 4.09. The van der Waals surface area contributed by atoms with Gasteiger partial charge in [-0.15, -0.1) is 0 Å². The van der Waals surface area contributed by atoms with Gasteiger partial charge >= 0.3 is 0 Å². The first kappa shape index (κ1) is 11.7. The summed E-state index contributed by atoms with van der Waals surface area (Å²) in [4.78, 5) is 13.1. The first-order chi connectivity index (χ1) is 7.09. The van der Waals surface area contributed by atoms with Crippen LogP contribution < -0.4 is 5.32 Å². The Kier molecular flexibility index (Phi) is 4.31. The number of nitrogens with zero attached hydrogens (tertiary/aromatic N) is 1. The van der Waals surface area contributed by atoms with Crippen molar-refractivity contribution in [1.82, 2.24) is 4.90 Å². The molecule has 1 amide bonds. The van der Waals surface area contributed by atoms with Gasteiger partial charge in [-0.05, 0) is 32.1 Å². The summed E-state index contributed by atoms with van der Waals surface area (Å²) in [5.74, 6) is -0.0210. The molecule has 0 atom stereocenters. The van der Waals surface area contributed by atoms with Crippen molar-refractivity contribution in [3.63, 3.8) is 0 Å². The summed E-state index contributed by atoms with van der Waals surface area (Å²) in [6.45, 7) is 2.51. The molecule has 0 fully saturated rings. The molecule has 0 saturated carbocycles. The van der Waals surface area contributed by atoms with E-state index in [1.807, 2.05) is 32.3 Å². The lowest BCUT2D eigenvalue weighted by Gasteiger charge is -2.12. The number of nitrogens with one attached hydrogen (secondary N) is 1. The van der Waals surface area contributed by atoms with Crippen LogP contribution in [0.5, 0.6) is 0 Å². The molecular weight excluding hydrogens is 188 g/mol. The van der Waals surface area contributed by atoms with E-state index < -0.39 is 0 Å². The molecule has 1 N–H and O–H groups in total. The van der Waals surface area contributed by atoms with Crippen LogP contribution in [-0.4, -0.2) is 31.4 Å². The van der Waals surface area contributed by atoms with Crippen molar-refractivity contribution in [2.24, 2.45) is 0 Å². The van der Waals surface area contributed by atoms with Crippen LogP contribution in [0.25, 0.3) is 0 Å². The van der Waals surface area contributed by atoms with Crippen molar-refractivity contribution in [3.8, 4) is 0 Å². The minimum absolute atomic E-state index is 0.0210. The van der Waals surface area contributed by atoms with Crippen LogP contribution in [0.3, 0.4) is 0 Å². The van der Waals surface area contributed by atoms with Gasteiger partial charge in [0.15, 0.2) is 0 Å². The third kappa shape index (κ3) is 4.13. The summed E-state index contributed by atoms with van der Waals surface area (Å²) in [5.41, 5.74) is 2.10. The fourth-order valence-electron chi connectivity index (χ4n) is 1.39. The van der Waals surface area contributed by atoms with Gasteiger partial charge in [0, 0.05) is 19.2 Å². The lowest BCUT2D eigenvalue weighted by atomic mass is 10.1. The smallest absolute Gasteiger partial charge is 0.221 e. The molecule has 3 heteroatoms. The predicted molar refractivity (Wildman–Crippen MR) is 63.0 cm³/mol. The summed E-state index contributed by atoms with van der Waals surface area (Å²) in [6, 6.07) is 7.92. The quantitative estimate of drug-likeness (QED) is 0.814. The number of likely N-dealkylation sites (N-methyl/N-ethyl adjacent to an activating group) is 1. The highest BCUT2D eigenvalue weighted by atomic mass is 16.1. The van der Waals surface area contributed by atoms with E-state index in [0.717, 1.165) is 18.7 Å². The third-order valence-corrected chi connectivity index (χ3v) is 2.16. The maximum absolute atomic E-state index is 11.0. The number of anilines is 1. The van der Waals surface area contributed by atoms with Gasteiger partial charge in [0.05, 0.1) is 0 Å². The maximum atomic E-state index is 11.0. The van der Waals surface area contributed by atoms with Crippen LogP contribution in [0.4, 0.5) is 5.69 Å². The zero-order chi connectivity index (χ0) is 11.3. The van der Waals surface area contributed by atoms with Crippen LogP contribution in [0.2, 0.25) is 0 Å². The van der Waals surface area contributed by atoms with Crippen molar-refractivity contribution in [1.29, 1.82) is 0 Å². The molecule has 0 aliphatic heterocycles. The standard InChI is InChI=1S/C12H18N2O/c1-10(15)13-12-7-5-4-6-11(12)8-9-14(2)3/h4-7H,8-9H2,1-3H3,(H,13,15). The second-order valence-electron chi connectivity index (χ2n) is 3.89. The van der Waals surface area contributed by atoms with E-state index in [2.05, 4.69) is 16.3 Å². The van der Waals surface area contributed by atoms with Crippen molar-refractivity contribution in [3.05, 3.63) is 29.8 Å². The molecule has 82 valence electrons. The highest BCUT2D eigenvalue weighted by Gasteiger charge is 2.03. The normalized spacial score (nSPS) is 10.4. The van der Waals surface area contributed by atoms with Crippen molar-refractivity contribution in [2.75, 3.05) is 26.0 Å². The first-order valence-corrected chi connectivity index (χ1v) is 5.10. The predicted octanol–water partition coefficient (Wildman–Crippen LogP) is 1.75. The van der Waals surface area contributed by atoms with Gasteiger partial charge in [-0.25, -0.2) is 0 Å². The summed E-state index contributed by atoms with van der Waals surface area (Å²) < 4.78 is 0. The number of amides is 1. The molecule has 0 spiro atoms. The minimum atomic E-state index is -0.0210. The average molecular weight is 206 g/mol. The van der Waals surface area contributed by atoms with E-state index in [1.54, 1.807) is 0 Å². The number of carbonyl (C=O) groups excluding carboxylic acids is 1. The molecule has 0 aliphatic carbocycles. The Bertz CT molecular complexity index is 334. The van der Waals surface area contributed by atoms with Gasteiger partial charge in [-0.1, -0.05) is 18.2 Å². The van der Waals surface area contributed by atoms with Crippen molar-refractivity contribution < 1.29 is 4.79 Å². The third-order valence-electron chi connectivity index (χ3n) is 2.16.